The number of nitrogens with zero attached hydrogens (tertiary/aromatic N) is 2. The predicted octanol–water partition coefficient (Wildman–Crippen LogP) is 1.86. The Labute approximate surface area is 162 Å². The van der Waals surface area contributed by atoms with Gasteiger partial charge in [0.15, 0.2) is 20.6 Å². The average molecular weight is 415 g/mol. The third-order valence-corrected chi connectivity index (χ3v) is 6.34. The van der Waals surface area contributed by atoms with E-state index in [-0.39, 0.29) is 16.3 Å². The Bertz CT molecular complexity index is 1440. The van der Waals surface area contributed by atoms with E-state index in [1.165, 1.54) is 36.4 Å². The van der Waals surface area contributed by atoms with Crippen LogP contribution < -0.4 is 11.3 Å². The van der Waals surface area contributed by atoms with Gasteiger partial charge >= 0.3 is 0 Å². The topological polar surface area (TPSA) is 132 Å². The molecule has 0 saturated heterocycles. The zero-order valence-electron chi connectivity index (χ0n) is 14.4. The molecule has 2 aromatic heterocycles. The number of hydrogen-bond donors (Lipinski definition) is 2. The number of aliphatic hydroxyl groups is 1. The number of thiazole rings is 1. The molecule has 1 aromatic carbocycles. The van der Waals surface area contributed by atoms with Gasteiger partial charge in [-0.15, -0.1) is 0 Å². The maximum absolute atomic E-state index is 12.5. The standard InChI is InChI=1S/C18H13N3O5S2/c1-28(25,26)10-3-4-12-15(8-10)27-18-20-17(24)11(16(19)21(12)18)6-9-2-5-13(22)14(23)7-9/h2-8,23H,19H2,1H3. The fraction of sp³-hybridized carbons (Fsp3) is 0.0556. The predicted molar refractivity (Wildman–Crippen MR) is 107 cm³/mol. The molecule has 2 heterocycles. The second kappa shape index (κ2) is 6.14. The summed E-state index contributed by atoms with van der Waals surface area (Å²) in [6.07, 6.45) is 6.44. The van der Waals surface area contributed by atoms with Crippen LogP contribution in [0.5, 0.6) is 0 Å². The minimum Gasteiger partial charge on any atom is -0.504 e. The first-order valence-corrected chi connectivity index (χ1v) is 10.7. The maximum Gasteiger partial charge on any atom is 0.283 e. The average Bonchev–Trinajstić information content (AvgIpc) is 2.98. The molecular weight excluding hydrogens is 402 g/mol. The molecule has 0 spiro atoms. The number of allylic oxidation sites excluding steroid dienone is 4. The van der Waals surface area contributed by atoms with Gasteiger partial charge < -0.3 is 10.8 Å². The quantitative estimate of drug-likeness (QED) is 0.653. The van der Waals surface area contributed by atoms with E-state index in [4.69, 9.17) is 5.73 Å². The van der Waals surface area contributed by atoms with Crippen LogP contribution >= 0.6 is 11.3 Å². The van der Waals surface area contributed by atoms with E-state index in [1.807, 2.05) is 0 Å². The molecule has 0 saturated carbocycles. The number of anilines is 1. The van der Waals surface area contributed by atoms with Gasteiger partial charge in [0, 0.05) is 6.26 Å². The Morgan fingerprint density at radius 3 is 2.68 bits per heavy atom. The minimum absolute atomic E-state index is 0.0995. The number of aliphatic hydroxyl groups excluding tert-OH is 1. The van der Waals surface area contributed by atoms with Gasteiger partial charge in [0.2, 0.25) is 5.78 Å². The molecule has 1 aliphatic rings. The molecule has 0 atom stereocenters. The van der Waals surface area contributed by atoms with Crippen molar-refractivity contribution in [1.82, 2.24) is 9.38 Å². The molecular formula is C18H13N3O5S2. The Morgan fingerprint density at radius 1 is 1.25 bits per heavy atom. The molecule has 0 bridgehead atoms. The number of carbonyl (C=O) groups is 1. The lowest BCUT2D eigenvalue weighted by atomic mass is 10.1. The highest BCUT2D eigenvalue weighted by Gasteiger charge is 2.17. The molecule has 0 fully saturated rings. The van der Waals surface area contributed by atoms with Crippen LogP contribution in [0.15, 0.2) is 57.4 Å². The van der Waals surface area contributed by atoms with E-state index in [2.05, 4.69) is 4.98 Å². The van der Waals surface area contributed by atoms with E-state index in [9.17, 15) is 23.1 Å². The van der Waals surface area contributed by atoms with Crippen molar-refractivity contribution < 1.29 is 18.3 Å². The van der Waals surface area contributed by atoms with Crippen molar-refractivity contribution in [3.8, 4) is 0 Å². The largest absolute Gasteiger partial charge is 0.504 e. The number of nitrogen functional groups attached to an aromatic ring is 1. The molecule has 3 N–H and O–H groups in total. The van der Waals surface area contributed by atoms with E-state index in [1.54, 1.807) is 10.5 Å². The fourth-order valence-electron chi connectivity index (χ4n) is 2.85. The van der Waals surface area contributed by atoms with Gasteiger partial charge in [0.05, 0.1) is 20.7 Å². The molecule has 142 valence electrons. The summed E-state index contributed by atoms with van der Waals surface area (Å²) in [5.74, 6) is -0.837. The maximum atomic E-state index is 12.5. The minimum atomic E-state index is -3.38. The SMILES string of the molecule is CS(=O)(=O)c1ccc2c(c1)sc1nc(=O)c(C=C3C=CC(=O)C(O)=C3)c(N)n12. The van der Waals surface area contributed by atoms with Crippen molar-refractivity contribution in [1.29, 1.82) is 0 Å². The number of aromatic nitrogens is 2. The van der Waals surface area contributed by atoms with Gasteiger partial charge in [-0.1, -0.05) is 17.4 Å². The van der Waals surface area contributed by atoms with Gasteiger partial charge in [-0.25, -0.2) is 8.42 Å². The van der Waals surface area contributed by atoms with E-state index < -0.39 is 26.9 Å². The highest BCUT2D eigenvalue weighted by molar-refractivity contribution is 7.90. The monoisotopic (exact) mass is 415 g/mol. The summed E-state index contributed by atoms with van der Waals surface area (Å²) in [5, 5.41) is 9.58. The van der Waals surface area contributed by atoms with Crippen LogP contribution in [0.4, 0.5) is 5.82 Å². The molecule has 3 aromatic rings. The lowest BCUT2D eigenvalue weighted by Crippen LogP contribution is -2.16. The Morgan fingerprint density at radius 2 is 2.00 bits per heavy atom. The first kappa shape index (κ1) is 18.1. The van der Waals surface area contributed by atoms with E-state index >= 15 is 0 Å². The Balaban J connectivity index is 1.97. The normalized spacial score (nSPS) is 16.2. The molecule has 10 heteroatoms. The molecule has 0 radical (unpaired) electrons. The second-order valence-electron chi connectivity index (χ2n) is 6.21. The summed E-state index contributed by atoms with van der Waals surface area (Å²) < 4.78 is 25.8. The van der Waals surface area contributed by atoms with Crippen molar-refractivity contribution in [3.05, 3.63) is 63.7 Å². The third kappa shape index (κ3) is 2.92. The third-order valence-electron chi connectivity index (χ3n) is 4.23. The number of benzene rings is 1. The van der Waals surface area contributed by atoms with Crippen LogP contribution in [0.3, 0.4) is 0 Å². The van der Waals surface area contributed by atoms with Crippen molar-refractivity contribution in [2.45, 2.75) is 4.90 Å². The van der Waals surface area contributed by atoms with Gasteiger partial charge in [-0.3, -0.25) is 14.0 Å². The van der Waals surface area contributed by atoms with Crippen molar-refractivity contribution in [3.63, 3.8) is 0 Å². The van der Waals surface area contributed by atoms with Gasteiger partial charge in [-0.05, 0) is 42.0 Å². The number of ketones is 1. The molecule has 8 nitrogen and oxygen atoms in total. The lowest BCUT2D eigenvalue weighted by molar-refractivity contribution is -0.113. The highest BCUT2D eigenvalue weighted by atomic mass is 32.2. The second-order valence-corrected chi connectivity index (χ2v) is 9.23. The summed E-state index contributed by atoms with van der Waals surface area (Å²) in [4.78, 5) is 28.3. The van der Waals surface area contributed by atoms with Gasteiger partial charge in [0.1, 0.15) is 5.82 Å². The lowest BCUT2D eigenvalue weighted by Gasteiger charge is -2.07. The van der Waals surface area contributed by atoms with Gasteiger partial charge in [-0.2, -0.15) is 4.98 Å². The van der Waals surface area contributed by atoms with Crippen LogP contribution in [-0.2, 0) is 14.6 Å². The number of hydrogen-bond acceptors (Lipinski definition) is 8. The molecule has 1 aliphatic carbocycles. The van der Waals surface area contributed by atoms with E-state index in [0.29, 0.717) is 20.8 Å². The molecule has 0 aliphatic heterocycles. The number of sulfone groups is 1. The fourth-order valence-corrected chi connectivity index (χ4v) is 4.63. The van der Waals surface area contributed by atoms with Crippen molar-refractivity contribution in [2.75, 3.05) is 12.0 Å². The van der Waals surface area contributed by atoms with Crippen LogP contribution in [0.2, 0.25) is 0 Å². The first-order valence-electron chi connectivity index (χ1n) is 7.95. The van der Waals surface area contributed by atoms with Crippen LogP contribution in [0.25, 0.3) is 21.3 Å². The summed E-state index contributed by atoms with van der Waals surface area (Å²) >= 11 is 1.15. The molecule has 28 heavy (non-hydrogen) atoms. The molecule has 0 unspecified atom stereocenters. The summed E-state index contributed by atoms with van der Waals surface area (Å²) in [6, 6.07) is 4.59. The zero-order valence-corrected chi connectivity index (χ0v) is 16.0. The van der Waals surface area contributed by atoms with Crippen molar-refractivity contribution >= 4 is 54.0 Å². The van der Waals surface area contributed by atoms with Crippen LogP contribution in [0.1, 0.15) is 5.56 Å². The zero-order chi connectivity index (χ0) is 20.2. The number of rotatable bonds is 2. The van der Waals surface area contributed by atoms with E-state index in [0.717, 1.165) is 17.6 Å². The molecule has 0 amide bonds. The van der Waals surface area contributed by atoms with Crippen molar-refractivity contribution in [2.24, 2.45) is 0 Å². The summed E-state index contributed by atoms with van der Waals surface area (Å²) in [7, 11) is -3.38. The summed E-state index contributed by atoms with van der Waals surface area (Å²) in [5.41, 5.74) is 6.79. The first-order chi connectivity index (χ1) is 13.1. The number of fused-ring (bicyclic) bond motifs is 3. The highest BCUT2D eigenvalue weighted by Crippen LogP contribution is 2.30. The smallest absolute Gasteiger partial charge is 0.283 e. The number of carbonyl (C=O) groups excluding carboxylic acids is 1. The Kier molecular flexibility index (Phi) is 3.98. The molecule has 4 rings (SSSR count). The van der Waals surface area contributed by atoms with Crippen LogP contribution in [-0.4, -0.2) is 34.9 Å². The Hall–Kier alpha value is -3.24. The number of nitrogens with two attached hydrogens (primary N) is 1. The van der Waals surface area contributed by atoms with Crippen LogP contribution in [0, 0.1) is 0 Å². The summed E-state index contributed by atoms with van der Waals surface area (Å²) in [6.45, 7) is 0. The van der Waals surface area contributed by atoms with Gasteiger partial charge in [0.25, 0.3) is 5.56 Å².